The van der Waals surface area contributed by atoms with Gasteiger partial charge in [0, 0.05) is 17.8 Å². The van der Waals surface area contributed by atoms with Gasteiger partial charge in [0.25, 0.3) is 0 Å². The Hall–Kier alpha value is -4.00. The number of phenolic OH excluding ortho intramolecular Hbond substituents is 1. The molecule has 1 N–H and O–H groups in total. The molecule has 138 valence electrons. The van der Waals surface area contributed by atoms with Gasteiger partial charge in [-0.1, -0.05) is 48.5 Å². The van der Waals surface area contributed by atoms with Crippen LogP contribution in [-0.2, 0) is 6.54 Å². The summed E-state index contributed by atoms with van der Waals surface area (Å²) in [7, 11) is 0. The van der Waals surface area contributed by atoms with E-state index in [-0.39, 0.29) is 11.3 Å². The Morgan fingerprint density at radius 2 is 1.79 bits per heavy atom. The van der Waals surface area contributed by atoms with Crippen molar-refractivity contribution in [2.45, 2.75) is 6.54 Å². The molecule has 28 heavy (non-hydrogen) atoms. The summed E-state index contributed by atoms with van der Waals surface area (Å²) in [5.74, 6) is 0.0397. The van der Waals surface area contributed by atoms with Crippen molar-refractivity contribution in [2.24, 2.45) is 4.99 Å². The second-order valence-corrected chi connectivity index (χ2v) is 6.20. The minimum absolute atomic E-state index is 0.257. The maximum atomic E-state index is 11.0. The molecule has 0 aliphatic rings. The van der Waals surface area contributed by atoms with Crippen molar-refractivity contribution in [1.29, 1.82) is 0 Å². The Morgan fingerprint density at radius 3 is 2.57 bits per heavy atom. The van der Waals surface area contributed by atoms with E-state index in [1.54, 1.807) is 6.07 Å². The Labute approximate surface area is 160 Å². The first-order valence-electron chi connectivity index (χ1n) is 8.63. The molecule has 1 aromatic heterocycles. The lowest BCUT2D eigenvalue weighted by molar-refractivity contribution is -0.385. The smallest absolute Gasteiger partial charge is 0.311 e. The molecule has 0 unspecified atom stereocenters. The number of rotatable bonds is 5. The first kappa shape index (κ1) is 17.4. The molecule has 0 aliphatic carbocycles. The molecule has 0 fully saturated rings. The number of nitro benzene ring substituents is 1. The van der Waals surface area contributed by atoms with Crippen molar-refractivity contribution < 1.29 is 10.0 Å². The molecule has 0 spiro atoms. The first-order chi connectivity index (χ1) is 13.6. The Kier molecular flexibility index (Phi) is 4.55. The van der Waals surface area contributed by atoms with E-state index in [0.717, 1.165) is 16.6 Å². The first-order valence-corrected chi connectivity index (χ1v) is 8.63. The fourth-order valence-electron chi connectivity index (χ4n) is 3.01. The van der Waals surface area contributed by atoms with Crippen LogP contribution in [0.2, 0.25) is 0 Å². The molecule has 0 amide bonds. The number of para-hydroxylation sites is 3. The van der Waals surface area contributed by atoms with Gasteiger partial charge < -0.3 is 9.67 Å². The molecule has 7 nitrogen and oxygen atoms in total. The number of aliphatic imine (C=N–C) groups is 1. The van der Waals surface area contributed by atoms with E-state index < -0.39 is 10.7 Å². The molecular weight excluding hydrogens is 356 g/mol. The van der Waals surface area contributed by atoms with Crippen LogP contribution in [0.1, 0.15) is 11.1 Å². The molecule has 0 bridgehead atoms. The van der Waals surface area contributed by atoms with Crippen molar-refractivity contribution in [3.63, 3.8) is 0 Å². The molecular formula is C21H16N4O3. The third-order valence-corrected chi connectivity index (χ3v) is 4.38. The van der Waals surface area contributed by atoms with Crippen molar-refractivity contribution in [3.05, 3.63) is 94.0 Å². The topological polar surface area (TPSA) is 93.5 Å². The van der Waals surface area contributed by atoms with E-state index in [0.29, 0.717) is 12.5 Å². The Morgan fingerprint density at radius 1 is 1.04 bits per heavy atom. The highest BCUT2D eigenvalue weighted by Crippen LogP contribution is 2.29. The quantitative estimate of drug-likeness (QED) is 0.318. The number of nitrogens with zero attached hydrogens (tertiary/aromatic N) is 4. The molecule has 4 rings (SSSR count). The highest BCUT2D eigenvalue weighted by Gasteiger charge is 2.16. The summed E-state index contributed by atoms with van der Waals surface area (Å²) < 4.78 is 1.97. The minimum Gasteiger partial charge on any atom is -0.502 e. The van der Waals surface area contributed by atoms with Crippen LogP contribution in [0.4, 0.5) is 11.6 Å². The second-order valence-electron chi connectivity index (χ2n) is 6.20. The standard InChI is InChI=1S/C21H16N4O3/c26-20-16(9-6-12-19(20)25(27)28)13-22-21-23-17-10-4-5-11-18(17)24(21)14-15-7-2-1-3-8-15/h1-13,26H,14H2/b22-13+. The Balaban J connectivity index is 1.77. The largest absolute Gasteiger partial charge is 0.502 e. The van der Waals surface area contributed by atoms with Crippen molar-refractivity contribution >= 4 is 28.9 Å². The van der Waals surface area contributed by atoms with Crippen LogP contribution >= 0.6 is 0 Å². The third kappa shape index (κ3) is 3.33. The average molecular weight is 372 g/mol. The number of phenols is 1. The fourth-order valence-corrected chi connectivity index (χ4v) is 3.01. The maximum absolute atomic E-state index is 11.0. The normalized spacial score (nSPS) is 11.3. The van der Waals surface area contributed by atoms with Gasteiger partial charge in [0.15, 0.2) is 0 Å². The van der Waals surface area contributed by atoms with Gasteiger partial charge in [0.05, 0.1) is 22.5 Å². The van der Waals surface area contributed by atoms with Crippen LogP contribution in [0.3, 0.4) is 0 Å². The lowest BCUT2D eigenvalue weighted by atomic mass is 10.2. The van der Waals surface area contributed by atoms with E-state index in [2.05, 4.69) is 9.98 Å². The number of nitro groups is 1. The summed E-state index contributed by atoms with van der Waals surface area (Å²) in [6, 6.07) is 22.0. The highest BCUT2D eigenvalue weighted by atomic mass is 16.6. The summed E-state index contributed by atoms with van der Waals surface area (Å²) in [5, 5.41) is 21.1. The number of imidazole rings is 1. The lowest BCUT2D eigenvalue weighted by Crippen LogP contribution is -1.99. The molecule has 3 aromatic carbocycles. The number of hydrogen-bond donors (Lipinski definition) is 1. The van der Waals surface area contributed by atoms with E-state index in [1.807, 2.05) is 59.2 Å². The van der Waals surface area contributed by atoms with Crippen molar-refractivity contribution in [2.75, 3.05) is 0 Å². The van der Waals surface area contributed by atoms with Crippen molar-refractivity contribution in [1.82, 2.24) is 9.55 Å². The SMILES string of the molecule is O=[N+]([O-])c1cccc(/C=N/c2nc3ccccc3n2Cc2ccccc2)c1O. The third-order valence-electron chi connectivity index (χ3n) is 4.38. The molecule has 0 aliphatic heterocycles. The Bertz CT molecular complexity index is 1180. The van der Waals surface area contributed by atoms with E-state index >= 15 is 0 Å². The molecule has 4 aromatic rings. The number of fused-ring (bicyclic) bond motifs is 1. The van der Waals surface area contributed by atoms with Crippen LogP contribution in [-0.4, -0.2) is 25.8 Å². The lowest BCUT2D eigenvalue weighted by Gasteiger charge is -2.07. The monoisotopic (exact) mass is 372 g/mol. The number of benzene rings is 3. The number of hydrogen-bond acceptors (Lipinski definition) is 5. The van der Waals surface area contributed by atoms with Gasteiger partial charge in [-0.25, -0.2) is 9.98 Å². The highest BCUT2D eigenvalue weighted by molar-refractivity contribution is 5.88. The van der Waals surface area contributed by atoms with Gasteiger partial charge in [-0.05, 0) is 23.8 Å². The van der Waals surface area contributed by atoms with E-state index in [4.69, 9.17) is 0 Å². The summed E-state index contributed by atoms with van der Waals surface area (Å²) >= 11 is 0. The average Bonchev–Trinajstić information content (AvgIpc) is 3.05. The zero-order valence-corrected chi connectivity index (χ0v) is 14.8. The van der Waals surface area contributed by atoms with Crippen LogP contribution in [0.25, 0.3) is 11.0 Å². The second kappa shape index (κ2) is 7.32. The predicted octanol–water partition coefficient (Wildman–Crippen LogP) is 4.45. The fraction of sp³-hybridized carbons (Fsp3) is 0.0476. The van der Waals surface area contributed by atoms with Gasteiger partial charge in [-0.15, -0.1) is 0 Å². The van der Waals surface area contributed by atoms with Gasteiger partial charge in [-0.3, -0.25) is 10.1 Å². The number of aromatic nitrogens is 2. The summed E-state index contributed by atoms with van der Waals surface area (Å²) in [4.78, 5) is 19.4. The van der Waals surface area contributed by atoms with Crippen LogP contribution < -0.4 is 0 Å². The minimum atomic E-state index is -0.628. The zero-order chi connectivity index (χ0) is 19.5. The molecule has 0 atom stereocenters. The molecule has 0 radical (unpaired) electrons. The van der Waals surface area contributed by atoms with Gasteiger partial charge >= 0.3 is 5.69 Å². The van der Waals surface area contributed by atoms with E-state index in [1.165, 1.54) is 18.3 Å². The molecule has 0 saturated heterocycles. The predicted molar refractivity (Wildman–Crippen MR) is 107 cm³/mol. The summed E-state index contributed by atoms with van der Waals surface area (Å²) in [6.45, 7) is 0.578. The van der Waals surface area contributed by atoms with Crippen molar-refractivity contribution in [3.8, 4) is 5.75 Å². The molecule has 0 saturated carbocycles. The van der Waals surface area contributed by atoms with E-state index in [9.17, 15) is 15.2 Å². The van der Waals surface area contributed by atoms with Crippen LogP contribution in [0.5, 0.6) is 5.75 Å². The van der Waals surface area contributed by atoms with Crippen LogP contribution in [0.15, 0.2) is 77.8 Å². The summed E-state index contributed by atoms with van der Waals surface area (Å²) in [6.07, 6.45) is 1.39. The number of aromatic hydroxyl groups is 1. The van der Waals surface area contributed by atoms with Gasteiger partial charge in [-0.2, -0.15) is 0 Å². The zero-order valence-electron chi connectivity index (χ0n) is 14.8. The summed E-state index contributed by atoms with van der Waals surface area (Å²) in [5.41, 5.74) is 2.73. The maximum Gasteiger partial charge on any atom is 0.311 e. The van der Waals surface area contributed by atoms with Crippen LogP contribution in [0, 0.1) is 10.1 Å². The van der Waals surface area contributed by atoms with Gasteiger partial charge in [0.2, 0.25) is 11.7 Å². The molecule has 7 heteroatoms. The van der Waals surface area contributed by atoms with Gasteiger partial charge in [0.1, 0.15) is 0 Å². The molecule has 1 heterocycles.